The van der Waals surface area contributed by atoms with E-state index in [-0.39, 0.29) is 29.2 Å². The van der Waals surface area contributed by atoms with Gasteiger partial charge in [-0.15, -0.1) is 0 Å². The van der Waals surface area contributed by atoms with Crippen molar-refractivity contribution in [3.8, 4) is 5.75 Å². The molecule has 2 aromatic heterocycles. The summed E-state index contributed by atoms with van der Waals surface area (Å²) in [4.78, 5) is 45.4. The number of aliphatic hydroxyl groups excluding tert-OH is 1. The number of anilines is 1. The lowest BCUT2D eigenvalue weighted by atomic mass is 9.98. The minimum Gasteiger partial charge on any atom is -0.503 e. The van der Waals surface area contributed by atoms with E-state index in [1.165, 1.54) is 30.3 Å². The normalized spacial score (nSPS) is 15.2. The van der Waals surface area contributed by atoms with E-state index in [0.29, 0.717) is 33.9 Å². The number of benzene rings is 2. The second-order valence-electron chi connectivity index (χ2n) is 8.75. The molecule has 9 nitrogen and oxygen atoms in total. The van der Waals surface area contributed by atoms with Crippen LogP contribution in [-0.2, 0) is 9.53 Å². The highest BCUT2D eigenvalue weighted by atomic mass is 35.5. The van der Waals surface area contributed by atoms with Gasteiger partial charge in [0.15, 0.2) is 22.9 Å². The predicted octanol–water partition coefficient (Wildman–Crippen LogP) is 5.84. The van der Waals surface area contributed by atoms with Gasteiger partial charge in [0.25, 0.3) is 5.91 Å². The number of aromatic nitrogens is 1. The van der Waals surface area contributed by atoms with Crippen molar-refractivity contribution < 1.29 is 33.4 Å². The van der Waals surface area contributed by atoms with Crippen molar-refractivity contribution in [1.29, 1.82) is 0 Å². The Bertz CT molecular complexity index is 1630. The van der Waals surface area contributed by atoms with Crippen molar-refractivity contribution in [3.63, 3.8) is 0 Å². The third-order valence-electron chi connectivity index (χ3n) is 6.21. The summed E-state index contributed by atoms with van der Waals surface area (Å²) in [6, 6.07) is 14.8. The van der Waals surface area contributed by atoms with Crippen molar-refractivity contribution in [2.75, 3.05) is 18.6 Å². The van der Waals surface area contributed by atoms with Crippen molar-refractivity contribution >= 4 is 45.9 Å². The predicted molar refractivity (Wildman–Crippen MR) is 143 cm³/mol. The number of nitrogens with zero attached hydrogens (tertiary/aromatic N) is 2. The lowest BCUT2D eigenvalue weighted by Crippen LogP contribution is -2.31. The van der Waals surface area contributed by atoms with Crippen molar-refractivity contribution in [2.24, 2.45) is 0 Å². The van der Waals surface area contributed by atoms with E-state index in [1.807, 2.05) is 6.92 Å². The molecule has 1 amide bonds. The second-order valence-corrected chi connectivity index (χ2v) is 9.18. The van der Waals surface area contributed by atoms with Crippen molar-refractivity contribution in [3.05, 3.63) is 100 Å². The van der Waals surface area contributed by atoms with Gasteiger partial charge in [-0.3, -0.25) is 19.5 Å². The molecule has 0 saturated heterocycles. The number of amides is 1. The first-order valence-corrected chi connectivity index (χ1v) is 12.5. The fraction of sp³-hybridized carbons (Fsp3) is 0.172. The summed E-state index contributed by atoms with van der Waals surface area (Å²) in [6.07, 6.45) is 2.17. The lowest BCUT2D eigenvalue weighted by Gasteiger charge is -2.26. The van der Waals surface area contributed by atoms with Crippen LogP contribution in [0.15, 0.2) is 82.6 Å². The van der Waals surface area contributed by atoms with E-state index in [2.05, 4.69) is 4.98 Å². The van der Waals surface area contributed by atoms with Crippen molar-refractivity contribution in [2.45, 2.75) is 19.4 Å². The number of aliphatic hydroxyl groups is 1. The number of carbonyl (C=O) groups is 3. The Balaban J connectivity index is 1.61. The third kappa shape index (κ3) is 4.72. The SMILES string of the molecule is CCCOC(=O)c1cccc(N2C(=O)C(O)=C(C(=O)c3cc4cc(Cl)cc(OC)c4o3)C2c2ccccn2)c1. The maximum Gasteiger partial charge on any atom is 0.338 e. The molecule has 0 radical (unpaired) electrons. The molecule has 2 aromatic carbocycles. The molecule has 1 atom stereocenters. The maximum atomic E-state index is 13.8. The van der Waals surface area contributed by atoms with Crippen molar-refractivity contribution in [1.82, 2.24) is 4.98 Å². The molecule has 10 heteroatoms. The smallest absolute Gasteiger partial charge is 0.338 e. The average molecular weight is 547 g/mol. The summed E-state index contributed by atoms with van der Waals surface area (Å²) in [5, 5.41) is 11.9. The molecular weight excluding hydrogens is 524 g/mol. The highest BCUT2D eigenvalue weighted by Gasteiger charge is 2.46. The van der Waals surface area contributed by atoms with Gasteiger partial charge in [0.1, 0.15) is 6.04 Å². The van der Waals surface area contributed by atoms with Crippen LogP contribution in [0.5, 0.6) is 5.75 Å². The molecule has 1 aliphatic rings. The Labute approximate surface area is 228 Å². The molecule has 1 aliphatic heterocycles. The van der Waals surface area contributed by atoms with E-state index in [0.717, 1.165) is 0 Å². The van der Waals surface area contributed by atoms with Gasteiger partial charge in [-0.2, -0.15) is 0 Å². The van der Waals surface area contributed by atoms with Crippen LogP contribution >= 0.6 is 11.6 Å². The summed E-state index contributed by atoms with van der Waals surface area (Å²) in [7, 11) is 1.44. The van der Waals surface area contributed by atoms with Gasteiger partial charge < -0.3 is 19.0 Å². The van der Waals surface area contributed by atoms with Crippen LogP contribution in [0.25, 0.3) is 11.0 Å². The summed E-state index contributed by atoms with van der Waals surface area (Å²) >= 11 is 6.17. The minimum absolute atomic E-state index is 0.125. The standard InChI is InChI=1S/C29H23ClN2O7/c1-3-11-38-29(36)16-7-6-8-19(13-16)32-24(20-9-4-5-10-31-20)23(26(34)28(32)35)25(33)21-14-17-12-18(30)15-22(37-2)27(17)39-21/h4-10,12-15,24,34H,3,11H2,1-2H3. The van der Waals surface area contributed by atoms with Gasteiger partial charge in [-0.25, -0.2) is 4.79 Å². The largest absolute Gasteiger partial charge is 0.503 e. The number of carbonyl (C=O) groups excluding carboxylic acids is 3. The summed E-state index contributed by atoms with van der Waals surface area (Å²) < 4.78 is 16.4. The molecule has 198 valence electrons. The van der Waals surface area contributed by atoms with Gasteiger partial charge >= 0.3 is 5.97 Å². The van der Waals surface area contributed by atoms with E-state index in [1.54, 1.807) is 48.5 Å². The first kappa shape index (κ1) is 26.0. The molecule has 39 heavy (non-hydrogen) atoms. The number of esters is 1. The van der Waals surface area contributed by atoms with E-state index < -0.39 is 29.5 Å². The van der Waals surface area contributed by atoms with Gasteiger partial charge in [-0.05, 0) is 48.9 Å². The number of ether oxygens (including phenoxy) is 2. The Morgan fingerprint density at radius 3 is 2.67 bits per heavy atom. The number of methoxy groups -OCH3 is 1. The monoisotopic (exact) mass is 546 g/mol. The van der Waals surface area contributed by atoms with Crippen LogP contribution in [0, 0.1) is 0 Å². The first-order chi connectivity index (χ1) is 18.8. The number of rotatable bonds is 8. The molecule has 1 unspecified atom stereocenters. The molecule has 0 fully saturated rings. The number of ketones is 1. The first-order valence-electron chi connectivity index (χ1n) is 12.1. The van der Waals surface area contributed by atoms with Gasteiger partial charge in [0.2, 0.25) is 5.78 Å². The van der Waals surface area contributed by atoms with E-state index >= 15 is 0 Å². The Hall–Kier alpha value is -4.63. The van der Waals surface area contributed by atoms with Crippen LogP contribution in [-0.4, -0.2) is 41.5 Å². The lowest BCUT2D eigenvalue weighted by molar-refractivity contribution is -0.117. The van der Waals surface area contributed by atoms with Crippen LogP contribution in [0.4, 0.5) is 5.69 Å². The van der Waals surface area contributed by atoms with Crippen LogP contribution in [0.1, 0.15) is 46.0 Å². The number of furan rings is 1. The van der Waals surface area contributed by atoms with Gasteiger partial charge in [0.05, 0.1) is 30.5 Å². The number of halogens is 1. The second kappa shape index (κ2) is 10.6. The fourth-order valence-electron chi connectivity index (χ4n) is 4.46. The minimum atomic E-state index is -1.10. The number of Topliss-reactive ketones (excluding diaryl/α,β-unsaturated/α-hetero) is 1. The summed E-state index contributed by atoms with van der Waals surface area (Å²) in [5.74, 6) is -2.65. The Morgan fingerprint density at radius 2 is 1.95 bits per heavy atom. The summed E-state index contributed by atoms with van der Waals surface area (Å²) in [6.45, 7) is 2.13. The fourth-order valence-corrected chi connectivity index (χ4v) is 4.68. The zero-order chi connectivity index (χ0) is 27.7. The zero-order valence-electron chi connectivity index (χ0n) is 21.0. The highest BCUT2D eigenvalue weighted by molar-refractivity contribution is 6.31. The van der Waals surface area contributed by atoms with Gasteiger partial charge in [-0.1, -0.05) is 30.7 Å². The quantitative estimate of drug-likeness (QED) is 0.216. The number of hydrogen-bond donors (Lipinski definition) is 1. The van der Waals surface area contributed by atoms with E-state index in [9.17, 15) is 19.5 Å². The molecule has 0 saturated carbocycles. The highest BCUT2D eigenvalue weighted by Crippen LogP contribution is 2.42. The molecule has 0 bridgehead atoms. The van der Waals surface area contributed by atoms with Crippen LogP contribution in [0.2, 0.25) is 5.02 Å². The van der Waals surface area contributed by atoms with Crippen LogP contribution in [0.3, 0.4) is 0 Å². The number of pyridine rings is 1. The maximum absolute atomic E-state index is 13.8. The molecule has 5 rings (SSSR count). The van der Waals surface area contributed by atoms with Crippen LogP contribution < -0.4 is 9.64 Å². The molecule has 3 heterocycles. The van der Waals surface area contributed by atoms with Gasteiger partial charge in [0, 0.05) is 28.4 Å². The number of hydrogen-bond acceptors (Lipinski definition) is 8. The summed E-state index contributed by atoms with van der Waals surface area (Å²) in [5.41, 5.74) is 0.887. The third-order valence-corrected chi connectivity index (χ3v) is 6.43. The molecular formula is C29H23ClN2O7. The zero-order valence-corrected chi connectivity index (χ0v) is 21.8. The Kier molecular flexibility index (Phi) is 7.08. The average Bonchev–Trinajstić information content (AvgIpc) is 3.50. The Morgan fingerprint density at radius 1 is 1.13 bits per heavy atom. The molecule has 0 spiro atoms. The molecule has 0 aliphatic carbocycles. The molecule has 1 N–H and O–H groups in total. The number of fused-ring (bicyclic) bond motifs is 1. The molecule has 4 aromatic rings. The van der Waals surface area contributed by atoms with E-state index in [4.69, 9.17) is 25.5 Å². The topological polar surface area (TPSA) is 119 Å².